The zero-order valence-corrected chi connectivity index (χ0v) is 9.75. The van der Waals surface area contributed by atoms with Crippen molar-refractivity contribution < 1.29 is 0 Å². The van der Waals surface area contributed by atoms with Crippen molar-refractivity contribution in [1.29, 1.82) is 0 Å². The van der Waals surface area contributed by atoms with Crippen molar-refractivity contribution in [2.75, 3.05) is 7.05 Å². The number of aromatic nitrogens is 5. The molecule has 0 aliphatic carbocycles. The van der Waals surface area contributed by atoms with Gasteiger partial charge in [0.1, 0.15) is 0 Å². The molecule has 0 amide bonds. The van der Waals surface area contributed by atoms with Crippen molar-refractivity contribution in [2.24, 2.45) is 14.1 Å². The van der Waals surface area contributed by atoms with Crippen LogP contribution in [0.5, 0.6) is 0 Å². The molecule has 6 nitrogen and oxygen atoms in total. The van der Waals surface area contributed by atoms with E-state index in [0.29, 0.717) is 0 Å². The molecule has 0 aromatic carbocycles. The third-order valence-corrected chi connectivity index (χ3v) is 2.50. The van der Waals surface area contributed by atoms with Gasteiger partial charge >= 0.3 is 0 Å². The molecule has 2 rings (SSSR count). The van der Waals surface area contributed by atoms with Crippen LogP contribution < -0.4 is 5.32 Å². The van der Waals surface area contributed by atoms with E-state index in [1.54, 1.807) is 9.36 Å². The molecule has 0 spiro atoms. The molecule has 1 N–H and O–H groups in total. The lowest BCUT2D eigenvalue weighted by molar-refractivity contribution is 0.556. The number of rotatable bonds is 4. The zero-order valence-electron chi connectivity index (χ0n) is 9.75. The van der Waals surface area contributed by atoms with E-state index < -0.39 is 0 Å². The number of hydrogen-bond acceptors (Lipinski definition) is 4. The van der Waals surface area contributed by atoms with E-state index in [1.807, 2.05) is 39.6 Å². The minimum atomic E-state index is 0.179. The van der Waals surface area contributed by atoms with Gasteiger partial charge < -0.3 is 5.32 Å². The van der Waals surface area contributed by atoms with Crippen LogP contribution in [0.3, 0.4) is 0 Å². The Bertz CT molecular complexity index is 457. The third-order valence-electron chi connectivity index (χ3n) is 2.50. The third kappa shape index (κ3) is 2.27. The maximum Gasteiger partial charge on any atom is 0.0846 e. The zero-order chi connectivity index (χ0) is 11.5. The highest BCUT2D eigenvalue weighted by molar-refractivity contribution is 5.09. The lowest BCUT2D eigenvalue weighted by atomic mass is 10.1. The molecule has 6 heteroatoms. The molecule has 16 heavy (non-hydrogen) atoms. The summed E-state index contributed by atoms with van der Waals surface area (Å²) in [6, 6.07) is 2.19. The molecular weight excluding hydrogens is 204 g/mol. The predicted molar refractivity (Wildman–Crippen MR) is 59.7 cm³/mol. The highest BCUT2D eigenvalue weighted by Crippen LogP contribution is 2.14. The summed E-state index contributed by atoms with van der Waals surface area (Å²) in [6.07, 6.45) is 4.66. The molecule has 0 aliphatic rings. The Balaban J connectivity index is 2.12. The van der Waals surface area contributed by atoms with Crippen LogP contribution in [0.1, 0.15) is 17.4 Å². The fourth-order valence-corrected chi connectivity index (χ4v) is 1.67. The lowest BCUT2D eigenvalue weighted by Crippen LogP contribution is -2.19. The van der Waals surface area contributed by atoms with E-state index in [0.717, 1.165) is 17.8 Å². The maximum atomic E-state index is 4.38. The van der Waals surface area contributed by atoms with Gasteiger partial charge in [-0.25, -0.2) is 0 Å². The number of nitrogens with one attached hydrogen (secondary N) is 1. The van der Waals surface area contributed by atoms with E-state index in [2.05, 4.69) is 20.7 Å². The van der Waals surface area contributed by atoms with Gasteiger partial charge in [-0.2, -0.15) is 5.10 Å². The minimum Gasteiger partial charge on any atom is -0.311 e. The quantitative estimate of drug-likeness (QED) is 0.791. The molecule has 0 aliphatic heterocycles. The van der Waals surface area contributed by atoms with Crippen molar-refractivity contribution in [3.8, 4) is 0 Å². The monoisotopic (exact) mass is 220 g/mol. The van der Waals surface area contributed by atoms with Crippen molar-refractivity contribution in [3.63, 3.8) is 0 Å². The Kier molecular flexibility index (Phi) is 3.00. The van der Waals surface area contributed by atoms with E-state index >= 15 is 0 Å². The first-order valence-electron chi connectivity index (χ1n) is 5.21. The van der Waals surface area contributed by atoms with Crippen LogP contribution in [0.25, 0.3) is 0 Å². The van der Waals surface area contributed by atoms with Crippen LogP contribution in [-0.2, 0) is 20.5 Å². The molecule has 0 saturated carbocycles. The first-order chi connectivity index (χ1) is 7.69. The van der Waals surface area contributed by atoms with Crippen molar-refractivity contribution in [3.05, 3.63) is 29.8 Å². The van der Waals surface area contributed by atoms with Gasteiger partial charge in [-0.3, -0.25) is 9.36 Å². The summed E-state index contributed by atoms with van der Waals surface area (Å²) in [7, 11) is 5.71. The van der Waals surface area contributed by atoms with E-state index in [4.69, 9.17) is 0 Å². The summed E-state index contributed by atoms with van der Waals surface area (Å²) in [4.78, 5) is 0. The number of hydrogen-bond donors (Lipinski definition) is 1. The molecule has 0 fully saturated rings. The largest absolute Gasteiger partial charge is 0.311 e. The summed E-state index contributed by atoms with van der Waals surface area (Å²) in [5.41, 5.74) is 1.99. The van der Waals surface area contributed by atoms with Gasteiger partial charge in [-0.05, 0) is 13.1 Å². The van der Waals surface area contributed by atoms with Crippen LogP contribution in [0.15, 0.2) is 18.5 Å². The smallest absolute Gasteiger partial charge is 0.0846 e. The number of likely N-dealkylation sites (N-methyl/N-ethyl adjacent to an activating group) is 1. The number of nitrogens with zero attached hydrogens (tertiary/aromatic N) is 5. The molecule has 0 bridgehead atoms. The average molecular weight is 220 g/mol. The Morgan fingerprint density at radius 3 is 2.69 bits per heavy atom. The predicted octanol–water partition coefficient (Wildman–Crippen LogP) is 0.0518. The highest BCUT2D eigenvalue weighted by Gasteiger charge is 2.14. The summed E-state index contributed by atoms with van der Waals surface area (Å²) in [5.74, 6) is 0. The Morgan fingerprint density at radius 2 is 2.19 bits per heavy atom. The lowest BCUT2D eigenvalue weighted by Gasteiger charge is -2.11. The average Bonchev–Trinajstić information content (AvgIpc) is 2.84. The normalized spacial score (nSPS) is 12.9. The Hall–Kier alpha value is -1.69. The Morgan fingerprint density at radius 1 is 1.38 bits per heavy atom. The van der Waals surface area contributed by atoms with Gasteiger partial charge in [0.05, 0.1) is 17.4 Å². The summed E-state index contributed by atoms with van der Waals surface area (Å²) in [6.45, 7) is 0. The molecule has 0 radical (unpaired) electrons. The fourth-order valence-electron chi connectivity index (χ4n) is 1.67. The van der Waals surface area contributed by atoms with Gasteiger partial charge in [-0.1, -0.05) is 5.21 Å². The molecule has 2 heterocycles. The standard InChI is InChI=1S/C10H16N6/c1-11-10(9-4-5-15(2)13-9)6-8-7-16(3)14-12-8/h4-5,7,10-11H,6H2,1-3H3. The van der Waals surface area contributed by atoms with Crippen LogP contribution in [-0.4, -0.2) is 31.8 Å². The number of aryl methyl sites for hydroxylation is 2. The van der Waals surface area contributed by atoms with Gasteiger partial charge in [-0.15, -0.1) is 5.10 Å². The maximum absolute atomic E-state index is 4.38. The molecule has 2 aromatic rings. The minimum absolute atomic E-state index is 0.179. The van der Waals surface area contributed by atoms with Gasteiger partial charge in [0.25, 0.3) is 0 Å². The van der Waals surface area contributed by atoms with Crippen LogP contribution in [0.2, 0.25) is 0 Å². The van der Waals surface area contributed by atoms with E-state index in [-0.39, 0.29) is 6.04 Å². The van der Waals surface area contributed by atoms with Crippen LogP contribution in [0.4, 0.5) is 0 Å². The van der Waals surface area contributed by atoms with Gasteiger partial charge in [0, 0.05) is 32.9 Å². The molecule has 2 aromatic heterocycles. The Labute approximate surface area is 94.3 Å². The van der Waals surface area contributed by atoms with Crippen LogP contribution >= 0.6 is 0 Å². The van der Waals surface area contributed by atoms with Crippen molar-refractivity contribution >= 4 is 0 Å². The first kappa shape index (κ1) is 10.8. The second kappa shape index (κ2) is 4.44. The van der Waals surface area contributed by atoms with E-state index in [1.165, 1.54) is 0 Å². The molecule has 1 unspecified atom stereocenters. The second-order valence-electron chi connectivity index (χ2n) is 3.84. The van der Waals surface area contributed by atoms with Gasteiger partial charge in [0.2, 0.25) is 0 Å². The van der Waals surface area contributed by atoms with Crippen molar-refractivity contribution in [2.45, 2.75) is 12.5 Å². The highest BCUT2D eigenvalue weighted by atomic mass is 15.4. The molecule has 0 saturated heterocycles. The molecule has 1 atom stereocenters. The van der Waals surface area contributed by atoms with E-state index in [9.17, 15) is 0 Å². The SMILES string of the molecule is CNC(Cc1cn(C)nn1)c1ccn(C)n1. The summed E-state index contributed by atoms with van der Waals surface area (Å²) >= 11 is 0. The molecular formula is C10H16N6. The second-order valence-corrected chi connectivity index (χ2v) is 3.84. The summed E-state index contributed by atoms with van der Waals surface area (Å²) < 4.78 is 3.51. The first-order valence-corrected chi connectivity index (χ1v) is 5.21. The topological polar surface area (TPSA) is 60.6 Å². The van der Waals surface area contributed by atoms with Gasteiger partial charge in [0.15, 0.2) is 0 Å². The van der Waals surface area contributed by atoms with Crippen molar-refractivity contribution in [1.82, 2.24) is 30.1 Å². The fraction of sp³-hybridized carbons (Fsp3) is 0.500. The van der Waals surface area contributed by atoms with Crippen LogP contribution in [0, 0.1) is 0 Å². The molecule has 86 valence electrons. The summed E-state index contributed by atoms with van der Waals surface area (Å²) in [5, 5.41) is 15.6.